The fraction of sp³-hybridized carbons (Fsp3) is 0.188. The van der Waals surface area contributed by atoms with Crippen molar-refractivity contribution in [3.05, 3.63) is 59.4 Å². The van der Waals surface area contributed by atoms with Crippen molar-refractivity contribution in [2.75, 3.05) is 7.11 Å². The summed E-state index contributed by atoms with van der Waals surface area (Å²) < 4.78 is 10.7. The Balaban J connectivity index is 1.58. The van der Waals surface area contributed by atoms with Gasteiger partial charge in [0.2, 0.25) is 0 Å². The number of rotatable bonds is 6. The van der Waals surface area contributed by atoms with Gasteiger partial charge in [0.25, 0.3) is 0 Å². The Morgan fingerprint density at radius 3 is 2.90 bits per heavy atom. The van der Waals surface area contributed by atoms with E-state index in [1.165, 1.54) is 0 Å². The number of hydrogen-bond donors (Lipinski definition) is 1. The van der Waals surface area contributed by atoms with Crippen molar-refractivity contribution in [3.63, 3.8) is 0 Å². The van der Waals surface area contributed by atoms with E-state index in [0.717, 1.165) is 40.0 Å². The molecule has 4 nitrogen and oxygen atoms in total. The molecule has 0 unspecified atom stereocenters. The number of benzene rings is 1. The van der Waals surface area contributed by atoms with Crippen molar-refractivity contribution in [2.45, 2.75) is 13.1 Å². The summed E-state index contributed by atoms with van der Waals surface area (Å²) in [5.74, 6) is 1.77. The van der Waals surface area contributed by atoms with Gasteiger partial charge in [0.05, 0.1) is 18.3 Å². The summed E-state index contributed by atoms with van der Waals surface area (Å²) in [5, 5.41) is 4.43. The number of nitrogens with one attached hydrogen (secondary N) is 1. The third-order valence-electron chi connectivity index (χ3n) is 3.10. The average Bonchev–Trinajstić information content (AvgIpc) is 3.18. The lowest BCUT2D eigenvalue weighted by molar-refractivity contribution is 0.407. The van der Waals surface area contributed by atoms with Crippen LogP contribution in [0.2, 0.25) is 0 Å². The number of furan rings is 1. The number of thiazole rings is 1. The maximum absolute atomic E-state index is 5.37. The van der Waals surface area contributed by atoms with Crippen LogP contribution in [0.1, 0.15) is 10.6 Å². The number of ether oxygens (including phenoxy) is 1. The number of nitrogens with zero attached hydrogens (tertiary/aromatic N) is 1. The molecule has 0 radical (unpaired) electrons. The molecule has 0 spiro atoms. The zero-order valence-corrected chi connectivity index (χ0v) is 12.5. The molecule has 0 aliphatic rings. The molecule has 0 saturated heterocycles. The Hall–Kier alpha value is -2.11. The van der Waals surface area contributed by atoms with E-state index < -0.39 is 0 Å². The third-order valence-corrected chi connectivity index (χ3v) is 4.11. The van der Waals surface area contributed by atoms with Crippen molar-refractivity contribution in [1.82, 2.24) is 10.3 Å². The monoisotopic (exact) mass is 300 g/mol. The van der Waals surface area contributed by atoms with Gasteiger partial charge in [-0.15, -0.1) is 11.3 Å². The van der Waals surface area contributed by atoms with Crippen molar-refractivity contribution in [2.24, 2.45) is 0 Å². The summed E-state index contributed by atoms with van der Waals surface area (Å²) in [5.41, 5.74) is 1.14. The molecule has 0 aliphatic heterocycles. The first kappa shape index (κ1) is 13.9. The molecule has 0 bridgehead atoms. The van der Waals surface area contributed by atoms with Crippen LogP contribution < -0.4 is 10.1 Å². The minimum absolute atomic E-state index is 0.726. The number of para-hydroxylation sites is 1. The second-order valence-electron chi connectivity index (χ2n) is 4.51. The smallest absolute Gasteiger partial charge is 0.145 e. The lowest BCUT2D eigenvalue weighted by atomic mass is 10.2. The van der Waals surface area contributed by atoms with Crippen LogP contribution in [-0.4, -0.2) is 12.1 Å². The van der Waals surface area contributed by atoms with Crippen LogP contribution in [0.15, 0.2) is 53.3 Å². The molecule has 5 heteroatoms. The number of methoxy groups -OCH3 is 1. The molecule has 21 heavy (non-hydrogen) atoms. The molecule has 0 amide bonds. The van der Waals surface area contributed by atoms with Gasteiger partial charge in [-0.25, -0.2) is 4.98 Å². The Labute approximate surface area is 127 Å². The first-order valence-electron chi connectivity index (χ1n) is 6.68. The van der Waals surface area contributed by atoms with E-state index in [1.807, 2.05) is 36.5 Å². The molecule has 1 N–H and O–H groups in total. The van der Waals surface area contributed by atoms with E-state index in [9.17, 15) is 0 Å². The molecule has 1 aromatic carbocycles. The van der Waals surface area contributed by atoms with Crippen LogP contribution in [0, 0.1) is 0 Å². The average molecular weight is 300 g/mol. The predicted molar refractivity (Wildman–Crippen MR) is 83.4 cm³/mol. The van der Waals surface area contributed by atoms with Gasteiger partial charge in [-0.05, 0) is 18.2 Å². The van der Waals surface area contributed by atoms with Crippen LogP contribution in [0.3, 0.4) is 0 Å². The fourth-order valence-corrected chi connectivity index (χ4v) is 2.93. The van der Waals surface area contributed by atoms with E-state index >= 15 is 0 Å². The Kier molecular flexibility index (Phi) is 4.33. The molecule has 2 aromatic heterocycles. The zero-order valence-electron chi connectivity index (χ0n) is 11.7. The van der Waals surface area contributed by atoms with Gasteiger partial charge in [0.15, 0.2) is 0 Å². The van der Waals surface area contributed by atoms with E-state index in [-0.39, 0.29) is 0 Å². The molecule has 0 aliphatic carbocycles. The highest BCUT2D eigenvalue weighted by atomic mass is 32.1. The van der Waals surface area contributed by atoms with Gasteiger partial charge in [0, 0.05) is 24.8 Å². The van der Waals surface area contributed by atoms with E-state index in [0.29, 0.717) is 0 Å². The van der Waals surface area contributed by atoms with Crippen LogP contribution in [0.25, 0.3) is 10.6 Å². The largest absolute Gasteiger partial charge is 0.496 e. The van der Waals surface area contributed by atoms with Gasteiger partial charge in [0.1, 0.15) is 16.5 Å². The van der Waals surface area contributed by atoms with Crippen molar-refractivity contribution >= 4 is 11.3 Å². The lowest BCUT2D eigenvalue weighted by Gasteiger charge is -2.08. The van der Waals surface area contributed by atoms with Crippen LogP contribution in [0.5, 0.6) is 5.75 Å². The molecular weight excluding hydrogens is 284 g/mol. The molecule has 0 atom stereocenters. The minimum Gasteiger partial charge on any atom is -0.496 e. The second kappa shape index (κ2) is 6.56. The maximum Gasteiger partial charge on any atom is 0.145 e. The predicted octanol–water partition coefficient (Wildman–Crippen LogP) is 3.70. The van der Waals surface area contributed by atoms with Crippen LogP contribution >= 0.6 is 11.3 Å². The summed E-state index contributed by atoms with van der Waals surface area (Å²) in [7, 11) is 1.69. The molecule has 108 valence electrons. The lowest BCUT2D eigenvalue weighted by Crippen LogP contribution is -2.13. The topological polar surface area (TPSA) is 47.3 Å². The van der Waals surface area contributed by atoms with Crippen molar-refractivity contribution < 1.29 is 9.15 Å². The van der Waals surface area contributed by atoms with E-state index in [2.05, 4.69) is 16.4 Å². The second-order valence-corrected chi connectivity index (χ2v) is 5.63. The van der Waals surface area contributed by atoms with E-state index in [4.69, 9.17) is 9.15 Å². The molecule has 2 heterocycles. The normalized spacial score (nSPS) is 10.7. The van der Waals surface area contributed by atoms with E-state index in [1.54, 1.807) is 24.7 Å². The van der Waals surface area contributed by atoms with Gasteiger partial charge in [-0.3, -0.25) is 0 Å². The highest BCUT2D eigenvalue weighted by Crippen LogP contribution is 2.26. The highest BCUT2D eigenvalue weighted by molar-refractivity contribution is 7.15. The maximum atomic E-state index is 5.37. The molecule has 0 saturated carbocycles. The van der Waals surface area contributed by atoms with Gasteiger partial charge in [-0.2, -0.15) is 0 Å². The molecule has 0 fully saturated rings. The fourth-order valence-electron chi connectivity index (χ4n) is 2.08. The van der Waals surface area contributed by atoms with Crippen LogP contribution in [-0.2, 0) is 13.1 Å². The van der Waals surface area contributed by atoms with Crippen molar-refractivity contribution in [3.8, 4) is 16.4 Å². The summed E-state index contributed by atoms with van der Waals surface area (Å²) in [6, 6.07) is 11.8. The summed E-state index contributed by atoms with van der Waals surface area (Å²) in [4.78, 5) is 5.46. The molecular formula is C16H16N2O2S. The quantitative estimate of drug-likeness (QED) is 0.754. The Morgan fingerprint density at radius 2 is 2.10 bits per heavy atom. The first-order chi connectivity index (χ1) is 10.4. The number of hydrogen-bond acceptors (Lipinski definition) is 5. The summed E-state index contributed by atoms with van der Waals surface area (Å²) in [6.45, 7) is 1.48. The molecule has 3 rings (SSSR count). The minimum atomic E-state index is 0.726. The summed E-state index contributed by atoms with van der Waals surface area (Å²) in [6.07, 6.45) is 3.53. The van der Waals surface area contributed by atoms with Gasteiger partial charge >= 0.3 is 0 Å². The van der Waals surface area contributed by atoms with Crippen molar-refractivity contribution in [1.29, 1.82) is 0 Å². The highest BCUT2D eigenvalue weighted by Gasteiger charge is 2.07. The first-order valence-corrected chi connectivity index (χ1v) is 7.49. The molecule has 3 aromatic rings. The number of aromatic nitrogens is 1. The summed E-state index contributed by atoms with van der Waals surface area (Å²) >= 11 is 1.64. The zero-order chi connectivity index (χ0) is 14.5. The Bertz CT molecular complexity index is 692. The Morgan fingerprint density at radius 1 is 1.19 bits per heavy atom. The van der Waals surface area contributed by atoms with Gasteiger partial charge < -0.3 is 14.5 Å². The standard InChI is InChI=1S/C16H16N2O2S/c1-19-13-6-3-2-5-12(13)9-17-11-16-18-10-15(21-16)14-7-4-8-20-14/h2-8,10,17H,9,11H2,1H3. The van der Waals surface area contributed by atoms with Crippen LogP contribution in [0.4, 0.5) is 0 Å². The van der Waals surface area contributed by atoms with Gasteiger partial charge in [-0.1, -0.05) is 18.2 Å². The SMILES string of the molecule is COc1ccccc1CNCc1ncc(-c2ccco2)s1. The third kappa shape index (κ3) is 3.32.